The minimum Gasteiger partial charge on any atom is -0.429 e. The zero-order valence-corrected chi connectivity index (χ0v) is 10.1. The fourth-order valence-corrected chi connectivity index (χ4v) is 2.18. The molecule has 1 saturated heterocycles. The predicted molar refractivity (Wildman–Crippen MR) is 60.8 cm³/mol. The van der Waals surface area contributed by atoms with E-state index in [1.54, 1.807) is 6.07 Å². The summed E-state index contributed by atoms with van der Waals surface area (Å²) >= 11 is 3.41. The summed E-state index contributed by atoms with van der Waals surface area (Å²) in [6.45, 7) is 3.92. The van der Waals surface area contributed by atoms with Crippen LogP contribution in [0.2, 0.25) is 0 Å². The van der Waals surface area contributed by atoms with Crippen LogP contribution < -0.4 is 4.90 Å². The van der Waals surface area contributed by atoms with E-state index in [1.165, 1.54) is 0 Å². The summed E-state index contributed by atoms with van der Waals surface area (Å²) in [6.07, 6.45) is 0. The van der Waals surface area contributed by atoms with Crippen molar-refractivity contribution >= 4 is 21.8 Å². The third kappa shape index (κ3) is 2.16. The lowest BCUT2D eigenvalue weighted by atomic mass is 10.3. The minimum absolute atomic E-state index is 0.357. The molecule has 5 heteroatoms. The maximum Gasteiger partial charge on any atom is 0.211 e. The van der Waals surface area contributed by atoms with Crippen molar-refractivity contribution in [2.45, 2.75) is 0 Å². The number of rotatable bonds is 1. The molecule has 0 atom stereocenters. The van der Waals surface area contributed by atoms with Crippen molar-refractivity contribution in [2.24, 2.45) is 0 Å². The fraction of sp³-hybridized carbons (Fsp3) is 0.500. The van der Waals surface area contributed by atoms with E-state index in [2.05, 4.69) is 32.8 Å². The second-order valence-corrected chi connectivity index (χ2v) is 4.52. The van der Waals surface area contributed by atoms with Gasteiger partial charge in [0.05, 0.1) is 4.47 Å². The maximum absolute atomic E-state index is 8.72. The largest absolute Gasteiger partial charge is 0.429 e. The Morgan fingerprint density at radius 1 is 1.40 bits per heavy atom. The minimum atomic E-state index is 0.357. The van der Waals surface area contributed by atoms with Crippen LogP contribution in [0.5, 0.6) is 0 Å². The van der Waals surface area contributed by atoms with Gasteiger partial charge >= 0.3 is 0 Å². The first kappa shape index (κ1) is 10.5. The number of halogens is 1. The number of piperazine rings is 1. The Labute approximate surface area is 97.2 Å². The highest BCUT2D eigenvalue weighted by atomic mass is 79.9. The highest BCUT2D eigenvalue weighted by molar-refractivity contribution is 9.10. The number of nitriles is 1. The number of hydrogen-bond acceptors (Lipinski definition) is 4. The smallest absolute Gasteiger partial charge is 0.211 e. The van der Waals surface area contributed by atoms with Crippen molar-refractivity contribution in [1.82, 2.24) is 4.90 Å². The van der Waals surface area contributed by atoms with Crippen molar-refractivity contribution in [3.63, 3.8) is 0 Å². The predicted octanol–water partition coefficient (Wildman–Crippen LogP) is 1.67. The molecule has 1 aromatic heterocycles. The third-order valence-electron chi connectivity index (χ3n) is 2.57. The Morgan fingerprint density at radius 2 is 2.07 bits per heavy atom. The molecule has 0 aliphatic carbocycles. The lowest BCUT2D eigenvalue weighted by Gasteiger charge is -2.32. The van der Waals surface area contributed by atoms with Gasteiger partial charge in [0.15, 0.2) is 0 Å². The molecule has 80 valence electrons. The number of furan rings is 1. The summed E-state index contributed by atoms with van der Waals surface area (Å²) in [6, 6.07) is 3.72. The van der Waals surface area contributed by atoms with Gasteiger partial charge in [0.25, 0.3) is 0 Å². The zero-order valence-electron chi connectivity index (χ0n) is 8.53. The molecule has 1 aromatic rings. The third-order valence-corrected chi connectivity index (χ3v) is 3.14. The van der Waals surface area contributed by atoms with Crippen molar-refractivity contribution in [2.75, 3.05) is 38.1 Å². The normalized spacial score (nSPS) is 17.8. The number of anilines is 1. The SMILES string of the molecule is CN1CCN(c2oc(C#N)cc2Br)CC1. The standard InChI is InChI=1S/C10H12BrN3O/c1-13-2-4-14(5-3-13)10-9(11)6-8(7-12)15-10/h6H,2-5H2,1H3. The maximum atomic E-state index is 8.72. The number of likely N-dealkylation sites (N-methyl/N-ethyl adjacent to an activating group) is 1. The second-order valence-electron chi connectivity index (χ2n) is 3.67. The molecular formula is C10H12BrN3O. The van der Waals surface area contributed by atoms with Gasteiger partial charge in [0, 0.05) is 32.2 Å². The van der Waals surface area contributed by atoms with Crippen LogP contribution in [0, 0.1) is 11.3 Å². The average Bonchev–Trinajstić information content (AvgIpc) is 2.61. The van der Waals surface area contributed by atoms with E-state index in [1.807, 2.05) is 6.07 Å². The van der Waals surface area contributed by atoms with Gasteiger partial charge in [-0.15, -0.1) is 0 Å². The first-order valence-corrected chi connectivity index (χ1v) is 5.63. The molecule has 0 amide bonds. The van der Waals surface area contributed by atoms with Gasteiger partial charge in [-0.05, 0) is 23.0 Å². The van der Waals surface area contributed by atoms with Gasteiger partial charge < -0.3 is 14.2 Å². The number of nitrogens with zero attached hydrogens (tertiary/aromatic N) is 3. The highest BCUT2D eigenvalue weighted by Crippen LogP contribution is 2.30. The van der Waals surface area contributed by atoms with Crippen molar-refractivity contribution in [3.05, 3.63) is 16.3 Å². The lowest BCUT2D eigenvalue weighted by molar-refractivity contribution is 0.305. The molecule has 2 rings (SSSR count). The van der Waals surface area contributed by atoms with Gasteiger partial charge in [0.2, 0.25) is 11.6 Å². The van der Waals surface area contributed by atoms with Crippen molar-refractivity contribution in [3.8, 4) is 6.07 Å². The first-order valence-electron chi connectivity index (χ1n) is 4.83. The molecule has 2 heterocycles. The molecule has 0 bridgehead atoms. The Hall–Kier alpha value is -0.990. The Balaban J connectivity index is 2.16. The summed E-state index contributed by atoms with van der Waals surface area (Å²) < 4.78 is 6.30. The molecule has 0 unspecified atom stereocenters. The van der Waals surface area contributed by atoms with Gasteiger partial charge in [-0.1, -0.05) is 0 Å². The molecule has 0 saturated carbocycles. The molecule has 0 aromatic carbocycles. The van der Waals surface area contributed by atoms with E-state index < -0.39 is 0 Å². The molecule has 0 radical (unpaired) electrons. The molecule has 0 spiro atoms. The van der Waals surface area contributed by atoms with Crippen LogP contribution in [-0.4, -0.2) is 38.1 Å². The van der Waals surface area contributed by atoms with Crippen LogP contribution in [0.1, 0.15) is 5.76 Å². The molecule has 1 aliphatic rings. The highest BCUT2D eigenvalue weighted by Gasteiger charge is 2.20. The van der Waals surface area contributed by atoms with Crippen LogP contribution in [0.25, 0.3) is 0 Å². The Kier molecular flexibility index (Phi) is 2.98. The summed E-state index contributed by atoms with van der Waals surface area (Å²) in [5.74, 6) is 1.13. The van der Waals surface area contributed by atoms with Crippen LogP contribution in [0.15, 0.2) is 15.0 Å². The fourth-order valence-electron chi connectivity index (χ4n) is 1.64. The van der Waals surface area contributed by atoms with Gasteiger partial charge in [-0.25, -0.2) is 0 Å². The molecule has 1 aliphatic heterocycles. The summed E-state index contributed by atoms with van der Waals surface area (Å²) in [5, 5.41) is 8.72. The quantitative estimate of drug-likeness (QED) is 0.778. The second kappa shape index (κ2) is 4.25. The summed E-state index contributed by atoms with van der Waals surface area (Å²) in [7, 11) is 2.11. The molecule has 15 heavy (non-hydrogen) atoms. The van der Waals surface area contributed by atoms with Crippen LogP contribution in [0.4, 0.5) is 5.88 Å². The van der Waals surface area contributed by atoms with E-state index in [4.69, 9.17) is 9.68 Å². The Morgan fingerprint density at radius 3 is 2.60 bits per heavy atom. The topological polar surface area (TPSA) is 43.4 Å². The Bertz CT molecular complexity index is 388. The summed E-state index contributed by atoms with van der Waals surface area (Å²) in [4.78, 5) is 4.43. The molecule has 0 N–H and O–H groups in total. The first-order chi connectivity index (χ1) is 7.20. The van der Waals surface area contributed by atoms with Crippen LogP contribution >= 0.6 is 15.9 Å². The zero-order chi connectivity index (χ0) is 10.8. The van der Waals surface area contributed by atoms with Crippen LogP contribution in [-0.2, 0) is 0 Å². The van der Waals surface area contributed by atoms with E-state index in [-0.39, 0.29) is 0 Å². The van der Waals surface area contributed by atoms with E-state index in [0.29, 0.717) is 5.76 Å². The molecule has 1 fully saturated rings. The lowest BCUT2D eigenvalue weighted by Crippen LogP contribution is -2.44. The van der Waals surface area contributed by atoms with Gasteiger partial charge in [-0.2, -0.15) is 5.26 Å². The summed E-state index contributed by atoms with van der Waals surface area (Å²) in [5.41, 5.74) is 0. The van der Waals surface area contributed by atoms with E-state index in [9.17, 15) is 0 Å². The van der Waals surface area contributed by atoms with Crippen molar-refractivity contribution in [1.29, 1.82) is 5.26 Å². The molecule has 4 nitrogen and oxygen atoms in total. The number of hydrogen-bond donors (Lipinski definition) is 0. The van der Waals surface area contributed by atoms with Crippen LogP contribution in [0.3, 0.4) is 0 Å². The monoisotopic (exact) mass is 269 g/mol. The van der Waals surface area contributed by atoms with Gasteiger partial charge in [-0.3, -0.25) is 0 Å². The van der Waals surface area contributed by atoms with Gasteiger partial charge in [0.1, 0.15) is 6.07 Å². The average molecular weight is 270 g/mol. The van der Waals surface area contributed by atoms with E-state index >= 15 is 0 Å². The van der Waals surface area contributed by atoms with Crippen molar-refractivity contribution < 1.29 is 4.42 Å². The molecular weight excluding hydrogens is 258 g/mol. The van der Waals surface area contributed by atoms with E-state index in [0.717, 1.165) is 36.5 Å².